The lowest BCUT2D eigenvalue weighted by molar-refractivity contribution is -0.145. The molecule has 0 bridgehead atoms. The highest BCUT2D eigenvalue weighted by atomic mass is 35.5. The minimum absolute atomic E-state index is 0.0692. The van der Waals surface area contributed by atoms with Crippen molar-refractivity contribution < 1.29 is 14.6 Å². The molecule has 0 aliphatic carbocycles. The Bertz CT molecular complexity index is 926. The number of carboxylic acids is 1. The van der Waals surface area contributed by atoms with Gasteiger partial charge in [-0.25, -0.2) is 9.48 Å². The molecule has 0 aliphatic heterocycles. The van der Waals surface area contributed by atoms with Crippen LogP contribution in [0.3, 0.4) is 0 Å². The number of nitrogens with zero attached hydrogens (tertiary/aromatic N) is 2. The van der Waals surface area contributed by atoms with Crippen LogP contribution in [0.4, 0.5) is 0 Å². The predicted octanol–water partition coefficient (Wildman–Crippen LogP) is 5.09. The lowest BCUT2D eigenvalue weighted by atomic mass is 10.1. The number of carbonyl (C=O) groups is 1. The van der Waals surface area contributed by atoms with Crippen LogP contribution in [0.2, 0.25) is 10.0 Å². The zero-order chi connectivity index (χ0) is 18.7. The lowest BCUT2D eigenvalue weighted by Crippen LogP contribution is -2.26. The van der Waals surface area contributed by atoms with Crippen molar-refractivity contribution in [3.05, 3.63) is 64.6 Å². The summed E-state index contributed by atoms with van der Waals surface area (Å²) in [6, 6.07) is 16.6. The molecule has 2 aromatic carbocycles. The van der Waals surface area contributed by atoms with Crippen molar-refractivity contribution in [3.8, 4) is 22.8 Å². The predicted molar refractivity (Wildman–Crippen MR) is 101 cm³/mol. The number of aliphatic carboxylic acids is 1. The number of hydrogen-bond donors (Lipinski definition) is 1. The van der Waals surface area contributed by atoms with Gasteiger partial charge in [0.05, 0.1) is 11.4 Å². The molecule has 1 N–H and O–H groups in total. The van der Waals surface area contributed by atoms with E-state index in [0.717, 1.165) is 11.3 Å². The summed E-state index contributed by atoms with van der Waals surface area (Å²) in [5.41, 5.74) is 2.09. The van der Waals surface area contributed by atoms with Crippen molar-refractivity contribution >= 4 is 29.2 Å². The van der Waals surface area contributed by atoms with E-state index in [1.165, 1.54) is 0 Å². The SMILES string of the molecule is CCC(Oc1nn(-c2ccccc2)c(-c2cccc(Cl)c2)c1Cl)C(=O)O. The molecular weight excluding hydrogens is 375 g/mol. The summed E-state index contributed by atoms with van der Waals surface area (Å²) in [5, 5.41) is 14.5. The van der Waals surface area contributed by atoms with Gasteiger partial charge >= 0.3 is 5.97 Å². The van der Waals surface area contributed by atoms with Crippen LogP contribution in [-0.2, 0) is 4.79 Å². The molecule has 1 unspecified atom stereocenters. The van der Waals surface area contributed by atoms with E-state index in [9.17, 15) is 9.90 Å². The Balaban J connectivity index is 2.16. The van der Waals surface area contributed by atoms with E-state index >= 15 is 0 Å². The summed E-state index contributed by atoms with van der Waals surface area (Å²) in [4.78, 5) is 11.3. The average Bonchev–Trinajstić information content (AvgIpc) is 2.96. The molecule has 0 amide bonds. The zero-order valence-electron chi connectivity index (χ0n) is 13.9. The minimum Gasteiger partial charge on any atom is -0.479 e. The van der Waals surface area contributed by atoms with Gasteiger partial charge in [-0.3, -0.25) is 0 Å². The Morgan fingerprint density at radius 3 is 2.54 bits per heavy atom. The first-order valence-corrected chi connectivity index (χ1v) is 8.76. The molecule has 0 aliphatic rings. The van der Waals surface area contributed by atoms with E-state index in [0.29, 0.717) is 10.7 Å². The van der Waals surface area contributed by atoms with Gasteiger partial charge in [-0.15, -0.1) is 5.10 Å². The summed E-state index contributed by atoms with van der Waals surface area (Å²) in [5.74, 6) is -0.998. The fourth-order valence-corrected chi connectivity index (χ4v) is 3.00. The second-order valence-corrected chi connectivity index (χ2v) is 6.39. The topological polar surface area (TPSA) is 64.4 Å². The van der Waals surface area contributed by atoms with Crippen molar-refractivity contribution in [2.75, 3.05) is 0 Å². The monoisotopic (exact) mass is 390 g/mol. The van der Waals surface area contributed by atoms with E-state index in [2.05, 4.69) is 5.10 Å². The Kier molecular flexibility index (Phi) is 5.49. The Labute approximate surface area is 160 Å². The van der Waals surface area contributed by atoms with E-state index in [1.54, 1.807) is 23.7 Å². The Morgan fingerprint density at radius 1 is 1.19 bits per heavy atom. The lowest BCUT2D eigenvalue weighted by Gasteiger charge is -2.10. The van der Waals surface area contributed by atoms with Crippen LogP contribution in [0.5, 0.6) is 5.88 Å². The maximum absolute atomic E-state index is 11.3. The summed E-state index contributed by atoms with van der Waals surface area (Å²) >= 11 is 12.6. The number of hydrogen-bond acceptors (Lipinski definition) is 3. The van der Waals surface area contributed by atoms with Gasteiger partial charge in [0.25, 0.3) is 5.88 Å². The van der Waals surface area contributed by atoms with Crippen molar-refractivity contribution in [1.82, 2.24) is 9.78 Å². The molecule has 1 heterocycles. The van der Waals surface area contributed by atoms with Gasteiger partial charge in [0.2, 0.25) is 0 Å². The van der Waals surface area contributed by atoms with Crippen LogP contribution >= 0.6 is 23.2 Å². The molecule has 1 aromatic heterocycles. The average molecular weight is 391 g/mol. The van der Waals surface area contributed by atoms with Gasteiger partial charge in [0, 0.05) is 10.6 Å². The third-order valence-electron chi connectivity index (χ3n) is 3.80. The zero-order valence-corrected chi connectivity index (χ0v) is 15.4. The summed E-state index contributed by atoms with van der Waals surface area (Å²) < 4.78 is 7.18. The molecule has 26 heavy (non-hydrogen) atoms. The molecule has 134 valence electrons. The quantitative estimate of drug-likeness (QED) is 0.636. The molecule has 0 saturated carbocycles. The van der Waals surface area contributed by atoms with Crippen molar-refractivity contribution in [2.24, 2.45) is 0 Å². The van der Waals surface area contributed by atoms with E-state index < -0.39 is 12.1 Å². The van der Waals surface area contributed by atoms with Crippen LogP contribution in [-0.4, -0.2) is 27.0 Å². The van der Waals surface area contributed by atoms with Crippen molar-refractivity contribution in [3.63, 3.8) is 0 Å². The molecule has 0 spiro atoms. The number of carboxylic acid groups (broad SMARTS) is 1. The van der Waals surface area contributed by atoms with E-state index in [1.807, 2.05) is 42.5 Å². The number of halogens is 2. The standard InChI is InChI=1S/C19H16Cl2N2O3/c1-2-15(19(24)25)26-18-16(21)17(12-7-6-8-13(20)11-12)23(22-18)14-9-4-3-5-10-14/h3-11,15H,2H2,1H3,(H,24,25). The Hall–Kier alpha value is -2.50. The normalized spacial score (nSPS) is 12.0. The summed E-state index contributed by atoms with van der Waals surface area (Å²) in [7, 11) is 0. The van der Waals surface area contributed by atoms with Crippen LogP contribution in [0, 0.1) is 0 Å². The third-order valence-corrected chi connectivity index (χ3v) is 4.37. The third kappa shape index (κ3) is 3.69. The molecule has 5 nitrogen and oxygen atoms in total. The van der Waals surface area contributed by atoms with Crippen LogP contribution in [0.1, 0.15) is 13.3 Å². The summed E-state index contributed by atoms with van der Waals surface area (Å²) in [6.07, 6.45) is -0.741. The van der Waals surface area contributed by atoms with Crippen molar-refractivity contribution in [1.29, 1.82) is 0 Å². The minimum atomic E-state index is -1.07. The van der Waals surface area contributed by atoms with Gasteiger partial charge in [-0.1, -0.05) is 60.5 Å². The van der Waals surface area contributed by atoms with Crippen LogP contribution in [0.25, 0.3) is 16.9 Å². The fraction of sp³-hybridized carbons (Fsp3) is 0.158. The number of rotatable bonds is 6. The molecular formula is C19H16Cl2N2O3. The highest BCUT2D eigenvalue weighted by molar-refractivity contribution is 6.35. The van der Waals surface area contributed by atoms with Gasteiger partial charge < -0.3 is 9.84 Å². The van der Waals surface area contributed by atoms with E-state index in [4.69, 9.17) is 27.9 Å². The van der Waals surface area contributed by atoms with Crippen molar-refractivity contribution in [2.45, 2.75) is 19.4 Å². The first-order valence-electron chi connectivity index (χ1n) is 8.00. The van der Waals surface area contributed by atoms with E-state index in [-0.39, 0.29) is 17.3 Å². The highest BCUT2D eigenvalue weighted by Gasteiger charge is 2.25. The molecule has 3 rings (SSSR count). The highest BCUT2D eigenvalue weighted by Crippen LogP contribution is 2.38. The smallest absolute Gasteiger partial charge is 0.344 e. The molecule has 7 heteroatoms. The number of para-hydroxylation sites is 1. The summed E-state index contributed by atoms with van der Waals surface area (Å²) in [6.45, 7) is 1.72. The van der Waals surface area contributed by atoms with Crippen LogP contribution < -0.4 is 4.74 Å². The number of aromatic nitrogens is 2. The maximum atomic E-state index is 11.3. The maximum Gasteiger partial charge on any atom is 0.344 e. The largest absolute Gasteiger partial charge is 0.479 e. The van der Waals surface area contributed by atoms with Gasteiger partial charge in [-0.2, -0.15) is 0 Å². The van der Waals surface area contributed by atoms with Crippen LogP contribution in [0.15, 0.2) is 54.6 Å². The molecule has 3 aromatic rings. The first kappa shape index (κ1) is 18.3. The fourth-order valence-electron chi connectivity index (χ4n) is 2.54. The molecule has 0 radical (unpaired) electrons. The Morgan fingerprint density at radius 2 is 1.92 bits per heavy atom. The molecule has 0 saturated heterocycles. The van der Waals surface area contributed by atoms with Gasteiger partial charge in [-0.05, 0) is 30.7 Å². The first-order chi connectivity index (χ1) is 12.5. The molecule has 0 fully saturated rings. The second kappa shape index (κ2) is 7.81. The number of ether oxygens (including phenoxy) is 1. The van der Waals surface area contributed by atoms with Gasteiger partial charge in [0.15, 0.2) is 6.10 Å². The second-order valence-electron chi connectivity index (χ2n) is 5.58. The van der Waals surface area contributed by atoms with Gasteiger partial charge in [0.1, 0.15) is 5.02 Å². The molecule has 1 atom stereocenters. The number of benzene rings is 2.